The van der Waals surface area contributed by atoms with Crippen LogP contribution < -0.4 is 4.90 Å². The second-order valence-electron chi connectivity index (χ2n) is 9.74. The van der Waals surface area contributed by atoms with Gasteiger partial charge in [0.15, 0.2) is 0 Å². The van der Waals surface area contributed by atoms with E-state index >= 15 is 0 Å². The van der Waals surface area contributed by atoms with Gasteiger partial charge in [-0.1, -0.05) is 121 Å². The number of benzene rings is 7. The van der Waals surface area contributed by atoms with Gasteiger partial charge in [0.2, 0.25) is 0 Å². The average Bonchev–Trinajstić information content (AvgIpc) is 3.30. The number of hydrogen-bond acceptors (Lipinski definition) is 1. The second-order valence-corrected chi connectivity index (χ2v) is 9.74. The van der Waals surface area contributed by atoms with E-state index in [0.29, 0.717) is 0 Å². The minimum Gasteiger partial charge on any atom is -0.309 e. The van der Waals surface area contributed by atoms with Crippen molar-refractivity contribution >= 4 is 49.4 Å². The summed E-state index contributed by atoms with van der Waals surface area (Å²) in [5.41, 5.74) is 8.85. The van der Waals surface area contributed by atoms with Crippen LogP contribution in [0.25, 0.3) is 54.6 Å². The lowest BCUT2D eigenvalue weighted by molar-refractivity contribution is 1.33. The van der Waals surface area contributed by atoms with Crippen LogP contribution >= 0.6 is 0 Å². The van der Waals surface area contributed by atoms with E-state index in [1.807, 2.05) is 0 Å². The first-order valence-corrected chi connectivity index (χ1v) is 12.8. The fourth-order valence-electron chi connectivity index (χ4n) is 6.18. The molecule has 1 heteroatoms. The van der Waals surface area contributed by atoms with Crippen molar-refractivity contribution in [3.05, 3.63) is 140 Å². The van der Waals surface area contributed by atoms with Gasteiger partial charge in [-0.15, -0.1) is 0 Å². The van der Waals surface area contributed by atoms with Gasteiger partial charge in [-0.3, -0.25) is 0 Å². The van der Waals surface area contributed by atoms with Crippen LogP contribution in [0.4, 0.5) is 17.1 Å². The van der Waals surface area contributed by atoms with Gasteiger partial charge in [0, 0.05) is 16.2 Å². The number of hydrogen-bond donors (Lipinski definition) is 0. The van der Waals surface area contributed by atoms with Crippen LogP contribution in [-0.2, 0) is 0 Å². The van der Waals surface area contributed by atoms with Gasteiger partial charge >= 0.3 is 0 Å². The van der Waals surface area contributed by atoms with Crippen LogP contribution in [0.2, 0.25) is 0 Å². The quantitative estimate of drug-likeness (QED) is 0.249. The molecule has 0 N–H and O–H groups in total. The Morgan fingerprint density at radius 1 is 0.297 bits per heavy atom. The van der Waals surface area contributed by atoms with Crippen molar-refractivity contribution in [2.45, 2.75) is 0 Å². The molecule has 0 atom stereocenters. The maximum atomic E-state index is 2.47. The van der Waals surface area contributed by atoms with Crippen molar-refractivity contribution in [1.29, 1.82) is 0 Å². The van der Waals surface area contributed by atoms with Crippen LogP contribution in [0, 0.1) is 0 Å². The van der Waals surface area contributed by atoms with Crippen molar-refractivity contribution in [3.8, 4) is 22.3 Å². The molecule has 0 bridgehead atoms. The minimum atomic E-state index is 1.19. The van der Waals surface area contributed by atoms with Gasteiger partial charge < -0.3 is 4.90 Å². The molecule has 0 radical (unpaired) electrons. The zero-order chi connectivity index (χ0) is 24.3. The monoisotopic (exact) mass is 469 g/mol. The predicted octanol–water partition coefficient (Wildman–Crippen LogP) is 10.3. The van der Waals surface area contributed by atoms with Crippen LogP contribution in [0.5, 0.6) is 0 Å². The van der Waals surface area contributed by atoms with Crippen molar-refractivity contribution < 1.29 is 0 Å². The van der Waals surface area contributed by atoms with Crippen LogP contribution in [0.15, 0.2) is 140 Å². The summed E-state index contributed by atoms with van der Waals surface area (Å²) in [4.78, 5) is 2.47. The van der Waals surface area contributed by atoms with E-state index < -0.39 is 0 Å². The van der Waals surface area contributed by atoms with Gasteiger partial charge in [-0.25, -0.2) is 0 Å². The van der Waals surface area contributed by atoms with Crippen LogP contribution in [0.1, 0.15) is 0 Å². The fraction of sp³-hybridized carbons (Fsp3) is 0. The lowest BCUT2D eigenvalue weighted by Gasteiger charge is -2.29. The summed E-state index contributed by atoms with van der Waals surface area (Å²) in [5.74, 6) is 0. The first-order valence-electron chi connectivity index (χ1n) is 12.8. The molecule has 7 aromatic rings. The maximum absolute atomic E-state index is 2.47. The second kappa shape index (κ2) is 7.81. The smallest absolute Gasteiger partial charge is 0.0541 e. The third kappa shape index (κ3) is 2.92. The molecule has 1 aliphatic carbocycles. The number of fused-ring (bicyclic) bond motifs is 5. The van der Waals surface area contributed by atoms with Crippen LogP contribution in [-0.4, -0.2) is 0 Å². The van der Waals surface area contributed by atoms with Crippen molar-refractivity contribution in [1.82, 2.24) is 0 Å². The van der Waals surface area contributed by atoms with E-state index in [0.717, 1.165) is 0 Å². The first kappa shape index (κ1) is 20.3. The van der Waals surface area contributed by atoms with Crippen molar-refractivity contribution in [2.75, 3.05) is 4.90 Å². The van der Waals surface area contributed by atoms with E-state index in [1.54, 1.807) is 0 Å². The van der Waals surface area contributed by atoms with Gasteiger partial charge in [0.05, 0.1) is 17.1 Å². The third-order valence-corrected chi connectivity index (χ3v) is 7.78. The Bertz CT molecular complexity index is 1880. The highest BCUT2D eigenvalue weighted by Crippen LogP contribution is 2.52. The Labute approximate surface area is 215 Å². The van der Waals surface area contributed by atoms with Gasteiger partial charge in [-0.05, 0) is 56.6 Å². The molecule has 172 valence electrons. The van der Waals surface area contributed by atoms with E-state index in [4.69, 9.17) is 0 Å². The number of nitrogens with zero attached hydrogens (tertiary/aromatic N) is 1. The largest absolute Gasteiger partial charge is 0.309 e. The predicted molar refractivity (Wildman–Crippen MR) is 158 cm³/mol. The molecule has 7 aromatic carbocycles. The minimum absolute atomic E-state index is 1.19. The molecule has 0 amide bonds. The topological polar surface area (TPSA) is 3.24 Å². The molecule has 0 saturated heterocycles. The van der Waals surface area contributed by atoms with Crippen LogP contribution in [0.3, 0.4) is 0 Å². The first-order chi connectivity index (χ1) is 18.4. The van der Waals surface area contributed by atoms with Crippen molar-refractivity contribution in [3.63, 3.8) is 0 Å². The Balaban J connectivity index is 1.50. The molecule has 0 aliphatic heterocycles. The molecular weight excluding hydrogens is 446 g/mol. The van der Waals surface area contributed by atoms with Gasteiger partial charge in [0.25, 0.3) is 0 Å². The molecule has 0 saturated carbocycles. The molecule has 1 nitrogen and oxygen atoms in total. The molecule has 0 spiro atoms. The zero-order valence-electron chi connectivity index (χ0n) is 20.2. The SMILES string of the molecule is c1ccc2c(c1)-c1cccc3c(N(c4cccc5ccccc45)c4cccc5ccccc45)ccc-2c13. The maximum Gasteiger partial charge on any atom is 0.0541 e. The standard InChI is InChI=1S/C36H23N/c1-3-14-26-24(10-1)12-7-20-33(26)37(34-21-8-13-25-11-2-4-15-27(25)34)35-23-22-31-29-17-6-5-16-28(29)30-18-9-19-32(35)36(30)31/h1-23H. The Kier molecular flexibility index (Phi) is 4.29. The molecule has 0 fully saturated rings. The van der Waals surface area contributed by atoms with Gasteiger partial charge in [-0.2, -0.15) is 0 Å². The summed E-state index contributed by atoms with van der Waals surface area (Å²) in [5, 5.41) is 7.57. The summed E-state index contributed by atoms with van der Waals surface area (Å²) in [6, 6.07) is 50.8. The Morgan fingerprint density at radius 3 is 1.38 bits per heavy atom. The van der Waals surface area contributed by atoms with Gasteiger partial charge in [0.1, 0.15) is 0 Å². The molecule has 37 heavy (non-hydrogen) atoms. The number of anilines is 3. The van der Waals surface area contributed by atoms with E-state index in [-0.39, 0.29) is 0 Å². The lowest BCUT2D eigenvalue weighted by Crippen LogP contribution is -2.11. The highest BCUT2D eigenvalue weighted by atomic mass is 15.1. The highest BCUT2D eigenvalue weighted by Gasteiger charge is 2.25. The molecule has 1 aliphatic rings. The molecule has 0 unspecified atom stereocenters. The Hall–Kier alpha value is -4.88. The van der Waals surface area contributed by atoms with E-state index in [2.05, 4.69) is 144 Å². The molecule has 0 aromatic heterocycles. The normalized spacial score (nSPS) is 11.8. The summed E-state index contributed by atoms with van der Waals surface area (Å²) in [7, 11) is 0. The summed E-state index contributed by atoms with van der Waals surface area (Å²) >= 11 is 0. The van der Waals surface area contributed by atoms with Crippen molar-refractivity contribution in [2.24, 2.45) is 0 Å². The summed E-state index contributed by atoms with van der Waals surface area (Å²) < 4.78 is 0. The molecular formula is C36H23N. The Morgan fingerprint density at radius 2 is 0.730 bits per heavy atom. The summed E-state index contributed by atoms with van der Waals surface area (Å²) in [6.45, 7) is 0. The van der Waals surface area contributed by atoms with E-state index in [9.17, 15) is 0 Å². The molecule has 0 heterocycles. The molecule has 8 rings (SSSR count). The average molecular weight is 470 g/mol. The highest BCUT2D eigenvalue weighted by molar-refractivity contribution is 6.20. The summed E-state index contributed by atoms with van der Waals surface area (Å²) in [6.07, 6.45) is 0. The third-order valence-electron chi connectivity index (χ3n) is 7.78. The zero-order valence-corrected chi connectivity index (χ0v) is 20.2. The fourth-order valence-corrected chi connectivity index (χ4v) is 6.18. The van der Waals surface area contributed by atoms with E-state index in [1.165, 1.54) is 71.6 Å². The lowest BCUT2D eigenvalue weighted by atomic mass is 9.98. The number of rotatable bonds is 3.